The van der Waals surface area contributed by atoms with Crippen molar-refractivity contribution in [3.05, 3.63) is 83.9 Å². The minimum Gasteiger partial charge on any atom is -0.372 e. The van der Waals surface area contributed by atoms with E-state index in [0.717, 1.165) is 11.4 Å². The molecule has 0 bridgehead atoms. The number of nitrogens with zero attached hydrogens (tertiary/aromatic N) is 2. The molecule has 0 aliphatic carbocycles. The number of rotatable bonds is 6. The molecule has 0 atom stereocenters. The number of anilines is 1. The maximum absolute atomic E-state index is 4.45. The van der Waals surface area contributed by atoms with Crippen LogP contribution in [0.3, 0.4) is 0 Å². The number of thiazole rings is 1. The molecular weight excluding hydrogens is 384 g/mol. The Morgan fingerprint density at radius 3 is 2.43 bits per heavy atom. The van der Waals surface area contributed by atoms with Crippen LogP contribution in [0.1, 0.15) is 31.2 Å². The van der Waals surface area contributed by atoms with E-state index in [1.165, 1.54) is 72.3 Å². The molecule has 1 aliphatic rings. The second-order valence-corrected chi connectivity index (χ2v) is 9.28. The summed E-state index contributed by atoms with van der Waals surface area (Å²) in [6.45, 7) is 2.36. The predicted octanol–water partition coefficient (Wildman–Crippen LogP) is 7.20. The minimum atomic E-state index is 0.883. The first-order valence-corrected chi connectivity index (χ1v) is 12.0. The average molecular weight is 413 g/mol. The van der Waals surface area contributed by atoms with Crippen molar-refractivity contribution in [1.29, 1.82) is 0 Å². The van der Waals surface area contributed by atoms with Crippen molar-refractivity contribution >= 4 is 27.2 Å². The SMILES string of the molecule is c1ccc(CCCC2CCN(c3ccc(-c4ccc5scnc5c4)cc3)CC2)cc1. The fourth-order valence-corrected chi connectivity index (χ4v) is 5.28. The molecule has 5 rings (SSSR count). The van der Waals surface area contributed by atoms with Crippen LogP contribution in [0.4, 0.5) is 5.69 Å². The van der Waals surface area contributed by atoms with Crippen molar-refractivity contribution in [2.75, 3.05) is 18.0 Å². The van der Waals surface area contributed by atoms with Crippen molar-refractivity contribution in [2.24, 2.45) is 5.92 Å². The first kappa shape index (κ1) is 19.3. The Balaban J connectivity index is 1.14. The van der Waals surface area contributed by atoms with Crippen LogP contribution in [0.15, 0.2) is 78.3 Å². The molecule has 0 radical (unpaired) electrons. The van der Waals surface area contributed by atoms with Crippen molar-refractivity contribution in [3.8, 4) is 11.1 Å². The fourth-order valence-electron chi connectivity index (χ4n) is 4.62. The summed E-state index contributed by atoms with van der Waals surface area (Å²) >= 11 is 1.70. The molecule has 1 fully saturated rings. The zero-order valence-electron chi connectivity index (χ0n) is 17.3. The van der Waals surface area contributed by atoms with E-state index < -0.39 is 0 Å². The van der Waals surface area contributed by atoms with E-state index >= 15 is 0 Å². The van der Waals surface area contributed by atoms with Crippen LogP contribution < -0.4 is 4.90 Å². The van der Waals surface area contributed by atoms with Gasteiger partial charge in [-0.15, -0.1) is 11.3 Å². The summed E-state index contributed by atoms with van der Waals surface area (Å²) in [7, 11) is 0. The topological polar surface area (TPSA) is 16.1 Å². The van der Waals surface area contributed by atoms with E-state index in [2.05, 4.69) is 82.7 Å². The van der Waals surface area contributed by atoms with Gasteiger partial charge in [0.1, 0.15) is 0 Å². The van der Waals surface area contributed by atoms with Gasteiger partial charge in [0.25, 0.3) is 0 Å². The Bertz CT molecular complexity index is 1080. The Morgan fingerprint density at radius 2 is 1.63 bits per heavy atom. The standard InChI is InChI=1S/C27H28N2S/c1-2-5-21(6-3-1)7-4-8-22-15-17-29(18-16-22)25-12-9-23(10-13-25)24-11-14-27-26(19-24)28-20-30-27/h1-3,5-6,9-14,19-20,22H,4,7-8,15-18H2. The normalized spacial score (nSPS) is 15.0. The lowest BCUT2D eigenvalue weighted by Gasteiger charge is -2.33. The number of aromatic nitrogens is 1. The third kappa shape index (κ3) is 4.41. The van der Waals surface area contributed by atoms with Crippen molar-refractivity contribution in [1.82, 2.24) is 4.98 Å². The Morgan fingerprint density at radius 1 is 0.867 bits per heavy atom. The first-order chi connectivity index (χ1) is 14.8. The Kier molecular flexibility index (Phi) is 5.80. The summed E-state index contributed by atoms with van der Waals surface area (Å²) in [4.78, 5) is 7.01. The number of piperidine rings is 1. The lowest BCUT2D eigenvalue weighted by atomic mass is 9.90. The largest absolute Gasteiger partial charge is 0.372 e. The molecule has 0 amide bonds. The van der Waals surface area contributed by atoms with Crippen LogP contribution in [-0.4, -0.2) is 18.1 Å². The lowest BCUT2D eigenvalue weighted by Crippen LogP contribution is -2.33. The Hall–Kier alpha value is -2.65. The van der Waals surface area contributed by atoms with Crippen molar-refractivity contribution < 1.29 is 0 Å². The molecular formula is C27H28N2S. The second kappa shape index (κ2) is 9.01. The number of fused-ring (bicyclic) bond motifs is 1. The molecule has 30 heavy (non-hydrogen) atoms. The van der Waals surface area contributed by atoms with Crippen molar-refractivity contribution in [2.45, 2.75) is 32.1 Å². The van der Waals surface area contributed by atoms with Gasteiger partial charge >= 0.3 is 0 Å². The number of aryl methyl sites for hydroxylation is 1. The summed E-state index contributed by atoms with van der Waals surface area (Å²) in [5.74, 6) is 0.883. The van der Waals surface area contributed by atoms with Gasteiger partial charge in [0.15, 0.2) is 0 Å². The van der Waals surface area contributed by atoms with Crippen LogP contribution in [0.2, 0.25) is 0 Å². The molecule has 2 nitrogen and oxygen atoms in total. The smallest absolute Gasteiger partial charge is 0.0818 e. The van der Waals surface area contributed by atoms with Crippen LogP contribution in [-0.2, 0) is 6.42 Å². The number of benzene rings is 3. The highest BCUT2D eigenvalue weighted by Crippen LogP contribution is 2.30. The zero-order chi connectivity index (χ0) is 20.2. The lowest BCUT2D eigenvalue weighted by molar-refractivity contribution is 0.373. The molecule has 1 aromatic heterocycles. The zero-order valence-corrected chi connectivity index (χ0v) is 18.2. The quantitative estimate of drug-likeness (QED) is 0.333. The summed E-state index contributed by atoms with van der Waals surface area (Å²) in [5, 5.41) is 0. The molecule has 1 aliphatic heterocycles. The highest BCUT2D eigenvalue weighted by atomic mass is 32.1. The molecule has 3 aromatic carbocycles. The van der Waals surface area contributed by atoms with Crippen LogP contribution in [0, 0.1) is 5.92 Å². The molecule has 0 saturated carbocycles. The van der Waals surface area contributed by atoms with E-state index in [4.69, 9.17) is 0 Å². The van der Waals surface area contributed by atoms with E-state index in [1.807, 2.05) is 5.51 Å². The van der Waals surface area contributed by atoms with E-state index in [1.54, 1.807) is 11.3 Å². The van der Waals surface area contributed by atoms with E-state index in [9.17, 15) is 0 Å². The van der Waals surface area contributed by atoms with Gasteiger partial charge in [0.2, 0.25) is 0 Å². The summed E-state index contributed by atoms with van der Waals surface area (Å²) < 4.78 is 1.25. The molecule has 4 aromatic rings. The molecule has 0 N–H and O–H groups in total. The van der Waals surface area contributed by atoms with Crippen LogP contribution in [0.5, 0.6) is 0 Å². The number of hydrogen-bond acceptors (Lipinski definition) is 3. The summed E-state index contributed by atoms with van der Waals surface area (Å²) in [6.07, 6.45) is 6.52. The van der Waals surface area contributed by atoms with Gasteiger partial charge in [0.05, 0.1) is 15.7 Å². The van der Waals surface area contributed by atoms with E-state index in [0.29, 0.717) is 0 Å². The molecule has 0 unspecified atom stereocenters. The van der Waals surface area contributed by atoms with Crippen molar-refractivity contribution in [3.63, 3.8) is 0 Å². The van der Waals surface area contributed by atoms with Gasteiger partial charge in [0, 0.05) is 18.8 Å². The van der Waals surface area contributed by atoms with Gasteiger partial charge in [-0.1, -0.05) is 48.5 Å². The highest BCUT2D eigenvalue weighted by Gasteiger charge is 2.19. The highest BCUT2D eigenvalue weighted by molar-refractivity contribution is 7.16. The summed E-state index contributed by atoms with van der Waals surface area (Å²) in [6, 6.07) is 26.6. The summed E-state index contributed by atoms with van der Waals surface area (Å²) in [5.41, 5.74) is 8.36. The molecule has 3 heteroatoms. The van der Waals surface area contributed by atoms with Gasteiger partial charge in [-0.05, 0) is 79.0 Å². The van der Waals surface area contributed by atoms with Gasteiger partial charge in [-0.2, -0.15) is 0 Å². The fraction of sp³-hybridized carbons (Fsp3) is 0.296. The monoisotopic (exact) mass is 412 g/mol. The second-order valence-electron chi connectivity index (χ2n) is 8.39. The van der Waals surface area contributed by atoms with Gasteiger partial charge in [-0.3, -0.25) is 0 Å². The van der Waals surface area contributed by atoms with Gasteiger partial charge in [-0.25, -0.2) is 4.98 Å². The third-order valence-electron chi connectivity index (χ3n) is 6.43. The van der Waals surface area contributed by atoms with Gasteiger partial charge < -0.3 is 4.90 Å². The maximum Gasteiger partial charge on any atom is 0.0818 e. The van der Waals surface area contributed by atoms with Crippen LogP contribution >= 0.6 is 11.3 Å². The number of hydrogen-bond donors (Lipinski definition) is 0. The molecule has 2 heterocycles. The molecule has 0 spiro atoms. The third-order valence-corrected chi connectivity index (χ3v) is 7.24. The minimum absolute atomic E-state index is 0.883. The maximum atomic E-state index is 4.45. The molecule has 1 saturated heterocycles. The molecule has 152 valence electrons. The average Bonchev–Trinajstić information content (AvgIpc) is 3.28. The van der Waals surface area contributed by atoms with E-state index in [-0.39, 0.29) is 0 Å². The first-order valence-electron chi connectivity index (χ1n) is 11.1. The predicted molar refractivity (Wildman–Crippen MR) is 129 cm³/mol. The Labute approximate surface area is 183 Å². The van der Waals surface area contributed by atoms with Crippen LogP contribution in [0.25, 0.3) is 21.3 Å².